The zero-order valence-corrected chi connectivity index (χ0v) is 30.2. The molecule has 46 heavy (non-hydrogen) atoms. The number of aliphatic hydroxyl groups excluding tert-OH is 3. The van der Waals surface area contributed by atoms with E-state index in [-0.39, 0.29) is 11.8 Å². The van der Waals surface area contributed by atoms with Crippen molar-refractivity contribution in [1.82, 2.24) is 10.2 Å². The highest BCUT2D eigenvalue weighted by Gasteiger charge is 2.47. The third-order valence-corrected chi connectivity index (χ3v) is 9.65. The van der Waals surface area contributed by atoms with Gasteiger partial charge in [-0.25, -0.2) is 0 Å². The van der Waals surface area contributed by atoms with E-state index in [2.05, 4.69) is 19.2 Å². The zero-order valence-electron chi connectivity index (χ0n) is 30.2. The molecule has 0 aromatic heterocycles. The van der Waals surface area contributed by atoms with Gasteiger partial charge in [-0.15, -0.1) is 0 Å². The zero-order chi connectivity index (χ0) is 33.8. The lowest BCUT2D eigenvalue weighted by Crippen LogP contribution is -2.68. The molecule has 1 aliphatic rings. The molecular weight excluding hydrogens is 580 g/mol. The van der Waals surface area contributed by atoms with Gasteiger partial charge in [0.05, 0.1) is 12.6 Å². The van der Waals surface area contributed by atoms with Crippen LogP contribution in [0.5, 0.6) is 0 Å². The van der Waals surface area contributed by atoms with Gasteiger partial charge in [-0.2, -0.15) is 0 Å². The fourth-order valence-corrected chi connectivity index (χ4v) is 6.73. The lowest BCUT2D eigenvalue weighted by molar-refractivity contribution is -0.236. The van der Waals surface area contributed by atoms with Crippen molar-refractivity contribution in [3.63, 3.8) is 0 Å². The lowest BCUT2D eigenvalue weighted by Gasteiger charge is -2.46. The highest BCUT2D eigenvalue weighted by atomic mass is 16.5. The van der Waals surface area contributed by atoms with E-state index in [1.54, 1.807) is 4.90 Å². The van der Waals surface area contributed by atoms with Crippen molar-refractivity contribution >= 4 is 11.8 Å². The predicted octanol–water partition coefficient (Wildman–Crippen LogP) is 7.94. The van der Waals surface area contributed by atoms with Gasteiger partial charge < -0.3 is 30.3 Å². The summed E-state index contributed by atoms with van der Waals surface area (Å²) >= 11 is 0. The van der Waals surface area contributed by atoms with Crippen molar-refractivity contribution in [1.29, 1.82) is 0 Å². The number of hydrogen-bond acceptors (Lipinski definition) is 6. The molecule has 0 aliphatic carbocycles. The van der Waals surface area contributed by atoms with E-state index in [1.807, 2.05) is 0 Å². The van der Waals surface area contributed by atoms with E-state index in [1.165, 1.54) is 129 Å². The summed E-state index contributed by atoms with van der Waals surface area (Å²) in [7, 11) is 0. The summed E-state index contributed by atoms with van der Waals surface area (Å²) in [6.45, 7) is 5.81. The average Bonchev–Trinajstić information content (AvgIpc) is 3.04. The number of nitrogens with zero attached hydrogens (tertiary/aromatic N) is 1. The van der Waals surface area contributed by atoms with Crippen LogP contribution < -0.4 is 5.32 Å². The molecule has 0 aromatic carbocycles. The minimum atomic E-state index is -1.38. The van der Waals surface area contributed by atoms with Crippen LogP contribution in [0.4, 0.5) is 0 Å². The van der Waals surface area contributed by atoms with Gasteiger partial charge in [0.2, 0.25) is 11.8 Å². The van der Waals surface area contributed by atoms with Gasteiger partial charge in [0.1, 0.15) is 18.3 Å². The maximum Gasteiger partial charge on any atom is 0.224 e. The topological polar surface area (TPSA) is 119 Å². The van der Waals surface area contributed by atoms with Crippen molar-refractivity contribution < 1.29 is 29.6 Å². The Hall–Kier alpha value is -1.22. The van der Waals surface area contributed by atoms with Gasteiger partial charge in [0.25, 0.3) is 0 Å². The van der Waals surface area contributed by atoms with Crippen LogP contribution in [-0.4, -0.2) is 75.8 Å². The quantitative estimate of drug-likeness (QED) is 0.0584. The fraction of sp³-hybridized carbons (Fsp3) is 0.947. The second-order valence-corrected chi connectivity index (χ2v) is 13.9. The predicted molar refractivity (Wildman–Crippen MR) is 188 cm³/mol. The van der Waals surface area contributed by atoms with Crippen LogP contribution >= 0.6 is 0 Å². The van der Waals surface area contributed by atoms with E-state index in [9.17, 15) is 24.9 Å². The van der Waals surface area contributed by atoms with Gasteiger partial charge >= 0.3 is 0 Å². The summed E-state index contributed by atoms with van der Waals surface area (Å²) in [5.41, 5.74) is 0. The van der Waals surface area contributed by atoms with E-state index < -0.39 is 37.2 Å². The van der Waals surface area contributed by atoms with Gasteiger partial charge in [0.15, 0.2) is 6.23 Å². The molecule has 272 valence electrons. The smallest absolute Gasteiger partial charge is 0.224 e. The standard InChI is InChI=1S/C38H74N2O6/c1-4-6-8-10-12-14-15-16-17-18-19-20-22-24-26-28-30-40(34(43)29-27-25-23-21-13-11-9-7-5-2)38-37(45)36(44)35(39-32(3)42)33(31-41)46-38/h33,35-38,41,44-45H,4-31H2,1-3H3,(H,39,42)/t33-,35-,36+,37-,38-/m1/s1. The van der Waals surface area contributed by atoms with Gasteiger partial charge in [-0.3, -0.25) is 9.59 Å². The first-order valence-corrected chi connectivity index (χ1v) is 19.6. The maximum atomic E-state index is 13.5. The van der Waals surface area contributed by atoms with Gasteiger partial charge in [-0.1, -0.05) is 162 Å². The van der Waals surface area contributed by atoms with Crippen LogP contribution in [0, 0.1) is 0 Å². The number of hydrogen-bond donors (Lipinski definition) is 4. The molecular formula is C38H74N2O6. The van der Waals surface area contributed by atoms with Gasteiger partial charge in [0, 0.05) is 19.9 Å². The monoisotopic (exact) mass is 655 g/mol. The summed E-state index contributed by atoms with van der Waals surface area (Å²) in [5, 5.41) is 34.4. The van der Waals surface area contributed by atoms with Crippen molar-refractivity contribution in [3.8, 4) is 0 Å². The Bertz CT molecular complexity index is 736. The molecule has 0 unspecified atom stereocenters. The van der Waals surface area contributed by atoms with Crippen molar-refractivity contribution in [2.75, 3.05) is 13.2 Å². The molecule has 0 bridgehead atoms. The molecule has 8 nitrogen and oxygen atoms in total. The molecule has 4 N–H and O–H groups in total. The highest BCUT2D eigenvalue weighted by Crippen LogP contribution is 2.26. The molecule has 2 amide bonds. The van der Waals surface area contributed by atoms with Crippen LogP contribution in [0.25, 0.3) is 0 Å². The molecule has 8 heteroatoms. The van der Waals surface area contributed by atoms with Gasteiger partial charge in [-0.05, 0) is 12.8 Å². The number of aliphatic hydroxyl groups is 3. The van der Waals surface area contributed by atoms with Crippen LogP contribution in [0.2, 0.25) is 0 Å². The van der Waals surface area contributed by atoms with Crippen LogP contribution in [-0.2, 0) is 14.3 Å². The summed E-state index contributed by atoms with van der Waals surface area (Å²) in [5.74, 6) is -0.474. The third-order valence-electron chi connectivity index (χ3n) is 9.65. The van der Waals surface area contributed by atoms with Crippen LogP contribution in [0.3, 0.4) is 0 Å². The SMILES string of the molecule is CCCCCCCCCCCCCCCCCCN(C(=O)CCCCCCCCCCC)[C@@H]1O[C@H](CO)[C@@H](NC(C)=O)[C@H](O)[C@H]1O. The molecule has 1 rings (SSSR count). The Morgan fingerprint density at radius 3 is 1.39 bits per heavy atom. The van der Waals surface area contributed by atoms with Crippen molar-refractivity contribution in [3.05, 3.63) is 0 Å². The summed E-state index contributed by atoms with van der Waals surface area (Å²) in [6, 6.07) is -0.946. The minimum absolute atomic E-state index is 0.0881. The number of ether oxygens (including phenoxy) is 1. The molecule has 1 saturated heterocycles. The van der Waals surface area contributed by atoms with E-state index in [0.717, 1.165) is 38.5 Å². The molecule has 1 fully saturated rings. The van der Waals surface area contributed by atoms with Crippen LogP contribution in [0.1, 0.15) is 188 Å². The molecule has 5 atom stereocenters. The number of rotatable bonds is 30. The number of carbonyl (C=O) groups is 2. The first-order chi connectivity index (χ1) is 22.4. The summed E-state index contributed by atoms with van der Waals surface area (Å²) in [6.07, 6.45) is 26.4. The lowest BCUT2D eigenvalue weighted by atomic mass is 9.94. The summed E-state index contributed by atoms with van der Waals surface area (Å²) in [4.78, 5) is 26.7. The normalized spacial score (nSPS) is 21.4. The third kappa shape index (κ3) is 19.6. The molecule has 0 radical (unpaired) electrons. The fourth-order valence-electron chi connectivity index (χ4n) is 6.73. The Morgan fingerprint density at radius 2 is 1.00 bits per heavy atom. The Balaban J connectivity index is 2.46. The van der Waals surface area contributed by atoms with E-state index in [4.69, 9.17) is 4.74 Å². The molecule has 0 spiro atoms. The average molecular weight is 655 g/mol. The summed E-state index contributed by atoms with van der Waals surface area (Å²) < 4.78 is 6.02. The Labute approximate surface area is 282 Å². The number of amides is 2. The van der Waals surface area contributed by atoms with Crippen molar-refractivity contribution in [2.45, 2.75) is 218 Å². The first-order valence-electron chi connectivity index (χ1n) is 19.6. The minimum Gasteiger partial charge on any atom is -0.394 e. The van der Waals surface area contributed by atoms with E-state index >= 15 is 0 Å². The molecule has 0 aromatic rings. The largest absolute Gasteiger partial charge is 0.394 e. The first kappa shape index (κ1) is 42.8. The second-order valence-electron chi connectivity index (χ2n) is 13.9. The highest BCUT2D eigenvalue weighted by molar-refractivity contribution is 5.76. The number of carbonyl (C=O) groups excluding carboxylic acids is 2. The van der Waals surface area contributed by atoms with Crippen LogP contribution in [0.15, 0.2) is 0 Å². The molecule has 1 aliphatic heterocycles. The Kier molecular flexibility index (Phi) is 26.8. The number of nitrogens with one attached hydrogen (secondary N) is 1. The maximum absolute atomic E-state index is 13.5. The van der Waals surface area contributed by atoms with Crippen molar-refractivity contribution in [2.24, 2.45) is 0 Å². The molecule has 0 saturated carbocycles. The number of unbranched alkanes of at least 4 members (excludes halogenated alkanes) is 23. The molecule has 1 heterocycles. The van der Waals surface area contributed by atoms with E-state index in [0.29, 0.717) is 13.0 Å². The Morgan fingerprint density at radius 1 is 0.609 bits per heavy atom. The second kappa shape index (κ2) is 28.8.